The summed E-state index contributed by atoms with van der Waals surface area (Å²) in [5.74, 6) is -1.49. The molecule has 0 aliphatic carbocycles. The first-order valence-corrected chi connectivity index (χ1v) is 5.13. The molecule has 82 valence electrons. The normalized spacial score (nSPS) is 24.5. The predicted molar refractivity (Wildman–Crippen MR) is 53.1 cm³/mol. The number of hydrogen-bond acceptors (Lipinski definition) is 3. The molecule has 0 saturated carbocycles. The van der Waals surface area contributed by atoms with Gasteiger partial charge in [-0.25, -0.2) is 0 Å². The van der Waals surface area contributed by atoms with E-state index in [1.54, 1.807) is 0 Å². The summed E-state index contributed by atoms with van der Waals surface area (Å²) in [4.78, 5) is 13.1. The second kappa shape index (κ2) is 4.28. The SMILES string of the molecule is CCC(C(=O)O)C1(O)CCN(C)CC1. The maximum atomic E-state index is 10.9. The molecule has 1 fully saturated rings. The monoisotopic (exact) mass is 201 g/mol. The van der Waals surface area contributed by atoms with Gasteiger partial charge < -0.3 is 15.1 Å². The molecule has 1 saturated heterocycles. The summed E-state index contributed by atoms with van der Waals surface area (Å²) in [5, 5.41) is 19.2. The van der Waals surface area contributed by atoms with Crippen molar-refractivity contribution >= 4 is 5.97 Å². The van der Waals surface area contributed by atoms with Crippen LogP contribution in [0.4, 0.5) is 0 Å². The van der Waals surface area contributed by atoms with Crippen molar-refractivity contribution in [3.05, 3.63) is 0 Å². The molecular weight excluding hydrogens is 182 g/mol. The van der Waals surface area contributed by atoms with Crippen LogP contribution in [-0.2, 0) is 4.79 Å². The molecule has 0 aromatic heterocycles. The highest BCUT2D eigenvalue weighted by Crippen LogP contribution is 2.31. The molecule has 1 rings (SSSR count). The summed E-state index contributed by atoms with van der Waals surface area (Å²) in [5.41, 5.74) is -0.993. The van der Waals surface area contributed by atoms with Crippen LogP contribution in [0.3, 0.4) is 0 Å². The number of carboxylic acid groups (broad SMARTS) is 1. The largest absolute Gasteiger partial charge is 0.481 e. The maximum Gasteiger partial charge on any atom is 0.309 e. The van der Waals surface area contributed by atoms with Gasteiger partial charge in [0.1, 0.15) is 0 Å². The van der Waals surface area contributed by atoms with E-state index in [-0.39, 0.29) is 0 Å². The molecule has 1 aliphatic heterocycles. The van der Waals surface area contributed by atoms with Gasteiger partial charge in [-0.1, -0.05) is 6.92 Å². The fourth-order valence-electron chi connectivity index (χ4n) is 2.14. The van der Waals surface area contributed by atoms with Gasteiger partial charge in [0.25, 0.3) is 0 Å². The first-order chi connectivity index (χ1) is 6.49. The lowest BCUT2D eigenvalue weighted by molar-refractivity contribution is -0.156. The lowest BCUT2D eigenvalue weighted by atomic mass is 9.78. The summed E-state index contributed by atoms with van der Waals surface area (Å²) < 4.78 is 0. The first kappa shape index (κ1) is 11.5. The smallest absolute Gasteiger partial charge is 0.309 e. The van der Waals surface area contributed by atoms with Crippen molar-refractivity contribution in [3.63, 3.8) is 0 Å². The first-order valence-electron chi connectivity index (χ1n) is 5.13. The Balaban J connectivity index is 2.68. The number of piperidine rings is 1. The Kier molecular flexibility index (Phi) is 3.50. The lowest BCUT2D eigenvalue weighted by Gasteiger charge is -2.39. The van der Waals surface area contributed by atoms with Crippen LogP contribution in [-0.4, -0.2) is 46.8 Å². The Morgan fingerprint density at radius 3 is 2.36 bits per heavy atom. The van der Waals surface area contributed by atoms with Gasteiger partial charge in [-0.3, -0.25) is 4.79 Å². The van der Waals surface area contributed by atoms with Crippen LogP contribution in [0.5, 0.6) is 0 Å². The highest BCUT2D eigenvalue weighted by molar-refractivity contribution is 5.71. The molecule has 4 nitrogen and oxygen atoms in total. The zero-order valence-corrected chi connectivity index (χ0v) is 8.86. The van der Waals surface area contributed by atoms with Gasteiger partial charge in [0, 0.05) is 13.1 Å². The van der Waals surface area contributed by atoms with Crippen molar-refractivity contribution in [3.8, 4) is 0 Å². The van der Waals surface area contributed by atoms with Crippen molar-refractivity contribution in [1.29, 1.82) is 0 Å². The number of aliphatic carboxylic acids is 1. The molecule has 0 aromatic rings. The molecule has 0 amide bonds. The Morgan fingerprint density at radius 1 is 1.50 bits per heavy atom. The van der Waals surface area contributed by atoms with Gasteiger partial charge in [-0.15, -0.1) is 0 Å². The number of rotatable bonds is 3. The minimum atomic E-state index is -0.993. The van der Waals surface area contributed by atoms with Gasteiger partial charge in [0.15, 0.2) is 0 Å². The van der Waals surface area contributed by atoms with Crippen molar-refractivity contribution < 1.29 is 15.0 Å². The summed E-state index contributed by atoms with van der Waals surface area (Å²) in [6.45, 7) is 3.37. The van der Waals surface area contributed by atoms with E-state index in [2.05, 4.69) is 4.90 Å². The number of aliphatic hydroxyl groups is 1. The van der Waals surface area contributed by atoms with Gasteiger partial charge in [-0.2, -0.15) is 0 Å². The predicted octanol–water partition coefficient (Wildman–Crippen LogP) is 0.554. The van der Waals surface area contributed by atoms with E-state index in [9.17, 15) is 9.90 Å². The van der Waals surface area contributed by atoms with Crippen molar-refractivity contribution in [1.82, 2.24) is 4.90 Å². The topological polar surface area (TPSA) is 60.8 Å². The molecule has 1 atom stereocenters. The van der Waals surface area contributed by atoms with E-state index in [0.29, 0.717) is 19.3 Å². The molecule has 1 unspecified atom stereocenters. The molecule has 0 aromatic carbocycles. The van der Waals surface area contributed by atoms with Crippen LogP contribution in [0, 0.1) is 5.92 Å². The zero-order chi connectivity index (χ0) is 10.8. The standard InChI is InChI=1S/C10H19NO3/c1-3-8(9(12)13)10(14)4-6-11(2)7-5-10/h8,14H,3-7H2,1-2H3,(H,12,13). The second-order valence-electron chi connectivity index (χ2n) is 4.21. The Hall–Kier alpha value is -0.610. The van der Waals surface area contributed by atoms with Crippen LogP contribution in [0.2, 0.25) is 0 Å². The third kappa shape index (κ3) is 2.25. The molecule has 14 heavy (non-hydrogen) atoms. The fraction of sp³-hybridized carbons (Fsp3) is 0.900. The number of hydrogen-bond donors (Lipinski definition) is 2. The minimum absolute atomic E-state index is 0.496. The minimum Gasteiger partial charge on any atom is -0.481 e. The summed E-state index contributed by atoms with van der Waals surface area (Å²) >= 11 is 0. The Labute approximate surface area is 84.5 Å². The average Bonchev–Trinajstić information content (AvgIpc) is 2.11. The van der Waals surface area contributed by atoms with Gasteiger partial charge in [0.2, 0.25) is 0 Å². The van der Waals surface area contributed by atoms with Crippen molar-refractivity contribution in [2.75, 3.05) is 20.1 Å². The molecule has 0 bridgehead atoms. The van der Waals surface area contributed by atoms with E-state index in [4.69, 9.17) is 5.11 Å². The molecular formula is C10H19NO3. The molecule has 0 spiro atoms. The van der Waals surface area contributed by atoms with E-state index in [1.165, 1.54) is 0 Å². The molecule has 1 aliphatic rings. The third-order valence-corrected chi connectivity index (χ3v) is 3.21. The highest BCUT2D eigenvalue weighted by Gasteiger charge is 2.41. The Bertz CT molecular complexity index is 209. The maximum absolute atomic E-state index is 10.9. The molecule has 2 N–H and O–H groups in total. The van der Waals surface area contributed by atoms with Gasteiger partial charge >= 0.3 is 5.97 Å². The number of nitrogens with zero attached hydrogens (tertiary/aromatic N) is 1. The van der Waals surface area contributed by atoms with Crippen molar-refractivity contribution in [2.24, 2.45) is 5.92 Å². The summed E-state index contributed by atoms with van der Waals surface area (Å²) in [6.07, 6.45) is 1.62. The number of carbonyl (C=O) groups is 1. The highest BCUT2D eigenvalue weighted by atomic mass is 16.4. The van der Waals surface area contributed by atoms with E-state index >= 15 is 0 Å². The van der Waals surface area contributed by atoms with E-state index in [1.807, 2.05) is 14.0 Å². The molecule has 1 heterocycles. The summed E-state index contributed by atoms with van der Waals surface area (Å²) in [6, 6.07) is 0. The van der Waals surface area contributed by atoms with E-state index < -0.39 is 17.5 Å². The van der Waals surface area contributed by atoms with Gasteiger partial charge in [-0.05, 0) is 26.3 Å². The lowest BCUT2D eigenvalue weighted by Crippen LogP contribution is -2.50. The average molecular weight is 201 g/mol. The zero-order valence-electron chi connectivity index (χ0n) is 8.86. The van der Waals surface area contributed by atoms with Gasteiger partial charge in [0.05, 0.1) is 11.5 Å². The summed E-state index contributed by atoms with van der Waals surface area (Å²) in [7, 11) is 1.99. The number of carboxylic acids is 1. The second-order valence-corrected chi connectivity index (χ2v) is 4.21. The third-order valence-electron chi connectivity index (χ3n) is 3.21. The van der Waals surface area contributed by atoms with Crippen molar-refractivity contribution in [2.45, 2.75) is 31.8 Å². The van der Waals surface area contributed by atoms with Crippen LogP contribution in [0.1, 0.15) is 26.2 Å². The molecule has 0 radical (unpaired) electrons. The Morgan fingerprint density at radius 2 is 2.00 bits per heavy atom. The van der Waals surface area contributed by atoms with Crippen LogP contribution in [0.25, 0.3) is 0 Å². The van der Waals surface area contributed by atoms with Crippen LogP contribution >= 0.6 is 0 Å². The van der Waals surface area contributed by atoms with Crippen LogP contribution in [0.15, 0.2) is 0 Å². The fourth-order valence-corrected chi connectivity index (χ4v) is 2.14. The van der Waals surface area contributed by atoms with Crippen LogP contribution < -0.4 is 0 Å². The number of likely N-dealkylation sites (tertiary alicyclic amines) is 1. The van der Waals surface area contributed by atoms with E-state index in [0.717, 1.165) is 13.1 Å². The molecule has 4 heteroatoms. The quantitative estimate of drug-likeness (QED) is 0.700.